The molecule has 18 unspecified atom stereocenters. The molecule has 3 saturated carbocycles. The number of hydrogen-bond donors (Lipinski definition) is 4. The molecule has 0 radical (unpaired) electrons. The van der Waals surface area contributed by atoms with Gasteiger partial charge in [0.15, 0.2) is 0 Å². The molecule has 0 aromatic carbocycles. The lowest BCUT2D eigenvalue weighted by Crippen LogP contribution is -2.66. The van der Waals surface area contributed by atoms with Crippen LogP contribution in [0.15, 0.2) is 0 Å². The lowest BCUT2D eigenvalue weighted by molar-refractivity contribution is -0.155. The van der Waals surface area contributed by atoms with Gasteiger partial charge in [-0.1, -0.05) is 6.92 Å². The summed E-state index contributed by atoms with van der Waals surface area (Å²) in [5.74, 6) is -13.2. The van der Waals surface area contributed by atoms with Crippen LogP contribution in [0, 0.1) is 29.6 Å². The van der Waals surface area contributed by atoms with Crippen LogP contribution in [-0.4, -0.2) is 115 Å². The van der Waals surface area contributed by atoms with Gasteiger partial charge in [0.25, 0.3) is 0 Å². The van der Waals surface area contributed by atoms with Crippen LogP contribution in [0.4, 0.5) is 13.2 Å². The van der Waals surface area contributed by atoms with Crippen molar-refractivity contribution in [2.45, 2.75) is 81.3 Å². The quantitative estimate of drug-likeness (QED) is 0.291. The Labute approximate surface area is 279 Å². The zero-order valence-corrected chi connectivity index (χ0v) is 27.4. The lowest BCUT2D eigenvalue weighted by atomic mass is 9.74. The summed E-state index contributed by atoms with van der Waals surface area (Å²) in [6.07, 6.45) is -9.65. The molecule has 19 heteroatoms. The number of aliphatic carboxylic acids is 2. The Balaban J connectivity index is 1.95. The minimum absolute atomic E-state index is 0.793. The first-order valence-electron chi connectivity index (χ1n) is 12.9. The van der Waals surface area contributed by atoms with Crippen molar-refractivity contribution in [1.29, 1.82) is 0 Å². The van der Waals surface area contributed by atoms with Crippen molar-refractivity contribution in [1.82, 2.24) is 10.6 Å². The Hall–Kier alpha value is -0.340. The Morgan fingerprint density at radius 3 is 1.42 bits per heavy atom. The summed E-state index contributed by atoms with van der Waals surface area (Å²) >= 11 is 44.6. The van der Waals surface area contributed by atoms with Crippen molar-refractivity contribution in [3.05, 3.63) is 0 Å². The topological polar surface area (TPSA) is 142 Å². The maximum absolute atomic E-state index is 15.0. The highest BCUT2D eigenvalue weighted by Crippen LogP contribution is 2.47. The van der Waals surface area contributed by atoms with Gasteiger partial charge in [0.1, 0.15) is 18.5 Å². The molecule has 3 fully saturated rings. The van der Waals surface area contributed by atoms with Crippen LogP contribution in [0.3, 0.4) is 0 Å². The van der Waals surface area contributed by atoms with Gasteiger partial charge in [-0.2, -0.15) is 0 Å². The number of amides is 2. The molecule has 43 heavy (non-hydrogen) atoms. The SMILES string of the molecule is CNC(=O)C1C(Cl)C(OC2C(Cl)C(Cl)C(C(=O)O)C(C(=O)NC3C(F)C(C)C(F)C(Cl)C3F)C2Cl)C(Cl)C(Cl)C1C(=O)O. The molecule has 9 nitrogen and oxygen atoms in total. The van der Waals surface area contributed by atoms with Crippen LogP contribution in [0.25, 0.3) is 0 Å². The highest BCUT2D eigenvalue weighted by molar-refractivity contribution is 6.34. The summed E-state index contributed by atoms with van der Waals surface area (Å²) in [4.78, 5) is 50.3. The van der Waals surface area contributed by atoms with Crippen molar-refractivity contribution in [2.75, 3.05) is 7.05 Å². The molecule has 18 atom stereocenters. The number of hydrogen-bond acceptors (Lipinski definition) is 5. The molecule has 246 valence electrons. The number of halogens is 10. The van der Waals surface area contributed by atoms with Crippen LogP contribution < -0.4 is 10.6 Å². The summed E-state index contributed by atoms with van der Waals surface area (Å²) in [6, 6.07) is -1.95. The van der Waals surface area contributed by atoms with E-state index in [9.17, 15) is 42.6 Å². The zero-order chi connectivity index (χ0) is 32.8. The molecule has 3 rings (SSSR count). The Bertz CT molecular complexity index is 1070. The van der Waals surface area contributed by atoms with E-state index in [1.165, 1.54) is 7.05 Å². The summed E-state index contributed by atoms with van der Waals surface area (Å²) in [5, 5.41) is 13.3. The second kappa shape index (κ2) is 14.6. The zero-order valence-electron chi connectivity index (χ0n) is 22.1. The fourth-order valence-corrected chi connectivity index (χ4v) is 8.99. The van der Waals surface area contributed by atoms with Crippen molar-refractivity contribution in [2.24, 2.45) is 29.6 Å². The van der Waals surface area contributed by atoms with Crippen molar-refractivity contribution >= 4 is 105 Å². The molecular formula is C24H28Cl7F3N2O7. The van der Waals surface area contributed by atoms with Crippen LogP contribution >= 0.6 is 81.2 Å². The molecule has 2 amide bonds. The van der Waals surface area contributed by atoms with Crippen LogP contribution in [0.5, 0.6) is 0 Å². The maximum Gasteiger partial charge on any atom is 0.308 e. The summed E-state index contributed by atoms with van der Waals surface area (Å²) in [7, 11) is 1.24. The van der Waals surface area contributed by atoms with E-state index in [0.717, 1.165) is 6.92 Å². The van der Waals surface area contributed by atoms with E-state index in [1.54, 1.807) is 0 Å². The number of carboxylic acid groups (broad SMARTS) is 2. The summed E-state index contributed by atoms with van der Waals surface area (Å²) in [5.41, 5.74) is 0. The molecule has 0 aliphatic heterocycles. The second-order valence-electron chi connectivity index (χ2n) is 10.8. The number of nitrogens with one attached hydrogen (secondary N) is 2. The smallest absolute Gasteiger partial charge is 0.308 e. The molecule has 0 saturated heterocycles. The van der Waals surface area contributed by atoms with Gasteiger partial charge >= 0.3 is 11.9 Å². The van der Waals surface area contributed by atoms with E-state index in [2.05, 4.69) is 10.6 Å². The van der Waals surface area contributed by atoms with Gasteiger partial charge in [0, 0.05) is 13.0 Å². The van der Waals surface area contributed by atoms with Gasteiger partial charge in [-0.15, -0.1) is 81.2 Å². The molecule has 4 N–H and O–H groups in total. The number of carbonyl (C=O) groups is 4. The fourth-order valence-electron chi connectivity index (χ4n) is 5.92. The van der Waals surface area contributed by atoms with E-state index < -0.39 is 128 Å². The van der Waals surface area contributed by atoms with Gasteiger partial charge in [-0.05, 0) is 0 Å². The average molecular weight is 762 g/mol. The molecule has 0 bridgehead atoms. The van der Waals surface area contributed by atoms with Crippen LogP contribution in [-0.2, 0) is 23.9 Å². The molecule has 0 aromatic heterocycles. The molecular weight excluding hydrogens is 733 g/mol. The summed E-state index contributed by atoms with van der Waals surface area (Å²) in [6.45, 7) is 1.14. The normalized spacial score (nSPS) is 48.7. The predicted octanol–water partition coefficient (Wildman–Crippen LogP) is 3.55. The number of alkyl halides is 10. The first-order chi connectivity index (χ1) is 19.9. The predicted molar refractivity (Wildman–Crippen MR) is 155 cm³/mol. The molecule has 3 aliphatic rings. The van der Waals surface area contributed by atoms with Gasteiger partial charge in [0.2, 0.25) is 11.8 Å². The molecule has 0 spiro atoms. The van der Waals surface area contributed by atoms with Crippen LogP contribution in [0.2, 0.25) is 0 Å². The van der Waals surface area contributed by atoms with Crippen molar-refractivity contribution < 1.29 is 47.3 Å². The Kier molecular flexibility index (Phi) is 12.6. The highest BCUT2D eigenvalue weighted by Gasteiger charge is 2.60. The monoisotopic (exact) mass is 758 g/mol. The van der Waals surface area contributed by atoms with Crippen molar-refractivity contribution in [3.63, 3.8) is 0 Å². The fraction of sp³-hybridized carbons (Fsp3) is 0.833. The minimum atomic E-state index is -2.38. The second-order valence-corrected chi connectivity index (χ2v) is 14.3. The minimum Gasteiger partial charge on any atom is -0.481 e. The summed E-state index contributed by atoms with van der Waals surface area (Å²) < 4.78 is 50.1. The van der Waals surface area contributed by atoms with E-state index in [0.29, 0.717) is 0 Å². The Morgan fingerprint density at radius 1 is 0.605 bits per heavy atom. The standard InChI is InChI=1S/C24H28Cl7F3N2O7/c1-3-15(32)14(31)17(34)18(16(3)33)36-22(38)5-7(24(41)42)9(26)13(30)20(11(5)28)43-19-10(27)4(21(37)35-2)6(23(39)40)8(25)12(19)29/h3-20H,1-2H3,(H,35,37)(H,36,38)(H,39,40)(H,41,42). The number of rotatable bonds is 7. The van der Waals surface area contributed by atoms with Gasteiger partial charge in [-0.3, -0.25) is 19.2 Å². The lowest BCUT2D eigenvalue weighted by Gasteiger charge is -2.48. The first-order valence-corrected chi connectivity index (χ1v) is 16.0. The number of ether oxygens (including phenoxy) is 1. The molecule has 0 aromatic rings. The number of carbonyl (C=O) groups excluding carboxylic acids is 2. The number of carboxylic acids is 2. The molecule has 0 heterocycles. The highest BCUT2D eigenvalue weighted by atomic mass is 35.5. The van der Waals surface area contributed by atoms with Crippen LogP contribution in [0.1, 0.15) is 6.92 Å². The third-order valence-electron chi connectivity index (χ3n) is 8.35. The Morgan fingerprint density at radius 2 is 1.02 bits per heavy atom. The van der Waals surface area contributed by atoms with E-state index in [-0.39, 0.29) is 0 Å². The first kappa shape index (κ1) is 37.1. The van der Waals surface area contributed by atoms with Gasteiger partial charge in [-0.25, -0.2) is 13.2 Å². The van der Waals surface area contributed by atoms with E-state index >= 15 is 0 Å². The largest absolute Gasteiger partial charge is 0.481 e. The van der Waals surface area contributed by atoms with Crippen molar-refractivity contribution in [3.8, 4) is 0 Å². The maximum atomic E-state index is 15.0. The van der Waals surface area contributed by atoms with E-state index in [1.807, 2.05) is 0 Å². The molecule has 3 aliphatic carbocycles. The van der Waals surface area contributed by atoms with Gasteiger partial charge < -0.3 is 25.6 Å². The third kappa shape index (κ3) is 6.87. The van der Waals surface area contributed by atoms with E-state index in [4.69, 9.17) is 85.9 Å². The third-order valence-corrected chi connectivity index (χ3v) is 12.3. The average Bonchev–Trinajstić information content (AvgIpc) is 2.95. The van der Waals surface area contributed by atoms with Gasteiger partial charge in [0.05, 0.1) is 79.6 Å².